The lowest BCUT2D eigenvalue weighted by molar-refractivity contribution is 0.225. The lowest BCUT2D eigenvalue weighted by atomic mass is 10.2. The highest BCUT2D eigenvalue weighted by atomic mass is 35.5. The van der Waals surface area contributed by atoms with Crippen LogP contribution in [-0.2, 0) is 0 Å². The normalized spacial score (nSPS) is 14.6. The summed E-state index contributed by atoms with van der Waals surface area (Å²) in [7, 11) is 0. The van der Waals surface area contributed by atoms with E-state index in [2.05, 4.69) is 51.6 Å². The molecule has 0 saturated carbocycles. The summed E-state index contributed by atoms with van der Waals surface area (Å²) in [6, 6.07) is 18.2. The van der Waals surface area contributed by atoms with E-state index < -0.39 is 0 Å². The number of aromatic nitrogens is 2. The summed E-state index contributed by atoms with van der Waals surface area (Å²) >= 11 is 12.6. The largest absolute Gasteiger partial charge is 0.494 e. The maximum Gasteiger partial charge on any atom is 0.137 e. The second kappa shape index (κ2) is 10.3. The molecule has 3 heterocycles. The van der Waals surface area contributed by atoms with Gasteiger partial charge in [0.15, 0.2) is 0 Å². The van der Waals surface area contributed by atoms with Crippen LogP contribution in [0.3, 0.4) is 0 Å². The summed E-state index contributed by atoms with van der Waals surface area (Å²) in [5.74, 6) is 0.892. The molecule has 1 aliphatic heterocycles. The Balaban J connectivity index is 1.07. The maximum absolute atomic E-state index is 6.38. The SMILES string of the molecule is Cc1ccn2cc(-c3ccc(OCCCN4CCN(c5cccc(Cl)c5Cl)CC4)cc3)nc2c1. The number of hydrogen-bond acceptors (Lipinski definition) is 4. The van der Waals surface area contributed by atoms with Crippen molar-refractivity contribution in [3.8, 4) is 17.0 Å². The summed E-state index contributed by atoms with van der Waals surface area (Å²) in [6.07, 6.45) is 5.10. The van der Waals surface area contributed by atoms with E-state index >= 15 is 0 Å². The summed E-state index contributed by atoms with van der Waals surface area (Å²) < 4.78 is 8.04. The minimum Gasteiger partial charge on any atom is -0.494 e. The van der Waals surface area contributed by atoms with E-state index in [0.29, 0.717) is 16.7 Å². The van der Waals surface area contributed by atoms with Crippen LogP contribution in [0.25, 0.3) is 16.9 Å². The molecule has 0 spiro atoms. The van der Waals surface area contributed by atoms with E-state index in [1.165, 1.54) is 5.56 Å². The van der Waals surface area contributed by atoms with Crippen molar-refractivity contribution in [2.45, 2.75) is 13.3 Å². The van der Waals surface area contributed by atoms with Crippen molar-refractivity contribution in [1.29, 1.82) is 0 Å². The van der Waals surface area contributed by atoms with E-state index in [9.17, 15) is 0 Å². The highest BCUT2D eigenvalue weighted by molar-refractivity contribution is 6.43. The highest BCUT2D eigenvalue weighted by Crippen LogP contribution is 2.33. The standard InChI is InChI=1S/C27H28Cl2N4O/c1-20-10-12-33-19-24(30-26(33)18-20)21-6-8-22(9-7-21)34-17-3-11-31-13-15-32(16-14-31)25-5-2-4-23(28)27(25)29/h2,4-10,12,18-19H,3,11,13-17H2,1H3. The molecule has 5 nitrogen and oxygen atoms in total. The van der Waals surface area contributed by atoms with E-state index in [1.807, 2.05) is 36.5 Å². The smallest absolute Gasteiger partial charge is 0.137 e. The number of anilines is 1. The Hall–Kier alpha value is -2.73. The zero-order valence-electron chi connectivity index (χ0n) is 19.3. The molecule has 0 atom stereocenters. The maximum atomic E-state index is 6.38. The monoisotopic (exact) mass is 494 g/mol. The molecule has 2 aromatic carbocycles. The van der Waals surface area contributed by atoms with Crippen LogP contribution in [-0.4, -0.2) is 53.6 Å². The molecule has 7 heteroatoms. The van der Waals surface area contributed by atoms with Crippen LogP contribution in [0.15, 0.2) is 67.0 Å². The summed E-state index contributed by atoms with van der Waals surface area (Å²) in [5, 5.41) is 1.26. The third-order valence-corrected chi connectivity index (χ3v) is 7.11. The van der Waals surface area contributed by atoms with Gasteiger partial charge in [-0.15, -0.1) is 0 Å². The molecule has 1 aliphatic rings. The van der Waals surface area contributed by atoms with Crippen molar-refractivity contribution in [2.24, 2.45) is 0 Å². The molecular formula is C27H28Cl2N4O. The number of rotatable bonds is 7. The van der Waals surface area contributed by atoms with Crippen LogP contribution in [0.2, 0.25) is 10.0 Å². The van der Waals surface area contributed by atoms with Gasteiger partial charge in [0.05, 0.1) is 28.0 Å². The van der Waals surface area contributed by atoms with Crippen LogP contribution < -0.4 is 9.64 Å². The van der Waals surface area contributed by atoms with Gasteiger partial charge >= 0.3 is 0 Å². The Morgan fingerprint density at radius 3 is 2.56 bits per heavy atom. The number of benzene rings is 2. The molecule has 34 heavy (non-hydrogen) atoms. The number of fused-ring (bicyclic) bond motifs is 1. The minimum atomic E-state index is 0.611. The van der Waals surface area contributed by atoms with Crippen LogP contribution >= 0.6 is 23.2 Å². The van der Waals surface area contributed by atoms with Crippen LogP contribution in [0.4, 0.5) is 5.69 Å². The van der Waals surface area contributed by atoms with Gasteiger partial charge in [-0.3, -0.25) is 4.90 Å². The Morgan fingerprint density at radius 1 is 0.971 bits per heavy atom. The molecular weight excluding hydrogens is 467 g/mol. The van der Waals surface area contributed by atoms with Crippen LogP contribution in [0.5, 0.6) is 5.75 Å². The number of pyridine rings is 1. The van der Waals surface area contributed by atoms with Crippen molar-refractivity contribution in [1.82, 2.24) is 14.3 Å². The number of ether oxygens (including phenoxy) is 1. The van der Waals surface area contributed by atoms with Gasteiger partial charge in [0.2, 0.25) is 0 Å². The van der Waals surface area contributed by atoms with E-state index in [4.69, 9.17) is 32.9 Å². The van der Waals surface area contributed by atoms with Gasteiger partial charge in [0.25, 0.3) is 0 Å². The van der Waals surface area contributed by atoms with Gasteiger partial charge < -0.3 is 14.0 Å². The first-order chi connectivity index (χ1) is 16.6. The topological polar surface area (TPSA) is 33.0 Å². The summed E-state index contributed by atoms with van der Waals surface area (Å²) in [4.78, 5) is 9.52. The average molecular weight is 495 g/mol. The zero-order valence-corrected chi connectivity index (χ0v) is 20.8. The molecule has 0 radical (unpaired) electrons. The average Bonchev–Trinajstić information content (AvgIpc) is 3.28. The fourth-order valence-corrected chi connectivity index (χ4v) is 4.79. The highest BCUT2D eigenvalue weighted by Gasteiger charge is 2.19. The van der Waals surface area contributed by atoms with E-state index in [-0.39, 0.29) is 0 Å². The molecule has 0 unspecified atom stereocenters. The Kier molecular flexibility index (Phi) is 6.95. The van der Waals surface area contributed by atoms with Gasteiger partial charge in [0, 0.05) is 50.7 Å². The van der Waals surface area contributed by atoms with Crippen molar-refractivity contribution in [3.63, 3.8) is 0 Å². The molecule has 1 fully saturated rings. The Bertz CT molecular complexity index is 1260. The number of halogens is 2. The fraction of sp³-hybridized carbons (Fsp3) is 0.296. The zero-order chi connectivity index (χ0) is 23.5. The molecule has 0 aliphatic carbocycles. The lowest BCUT2D eigenvalue weighted by Crippen LogP contribution is -2.46. The van der Waals surface area contributed by atoms with Crippen molar-refractivity contribution < 1.29 is 4.74 Å². The molecule has 176 valence electrons. The van der Waals surface area contributed by atoms with Gasteiger partial charge in [-0.05, 0) is 67.4 Å². The Morgan fingerprint density at radius 2 is 1.76 bits per heavy atom. The number of hydrogen-bond donors (Lipinski definition) is 0. The summed E-state index contributed by atoms with van der Waals surface area (Å²) in [5.41, 5.74) is 5.26. The second-order valence-corrected chi connectivity index (χ2v) is 9.51. The van der Waals surface area contributed by atoms with Crippen LogP contribution in [0.1, 0.15) is 12.0 Å². The number of aryl methyl sites for hydroxylation is 1. The van der Waals surface area contributed by atoms with Crippen molar-refractivity contribution in [3.05, 3.63) is 82.6 Å². The minimum absolute atomic E-state index is 0.611. The first-order valence-electron chi connectivity index (χ1n) is 11.7. The molecule has 2 aromatic heterocycles. The first-order valence-corrected chi connectivity index (χ1v) is 12.4. The lowest BCUT2D eigenvalue weighted by Gasteiger charge is -2.36. The number of imidazole rings is 1. The third-order valence-electron chi connectivity index (χ3n) is 6.30. The van der Waals surface area contributed by atoms with E-state index in [1.54, 1.807) is 0 Å². The quantitative estimate of drug-likeness (QED) is 0.286. The van der Waals surface area contributed by atoms with E-state index in [0.717, 1.165) is 67.5 Å². The molecule has 1 saturated heterocycles. The number of nitrogens with zero attached hydrogens (tertiary/aromatic N) is 4. The van der Waals surface area contributed by atoms with Crippen molar-refractivity contribution in [2.75, 3.05) is 44.2 Å². The van der Waals surface area contributed by atoms with Gasteiger partial charge in [-0.1, -0.05) is 29.3 Å². The molecule has 5 rings (SSSR count). The fourth-order valence-electron chi connectivity index (χ4n) is 4.37. The number of piperazine rings is 1. The molecule has 0 amide bonds. The Labute approximate surface area is 210 Å². The first kappa shape index (κ1) is 23.0. The predicted octanol–water partition coefficient (Wildman–Crippen LogP) is 6.21. The summed E-state index contributed by atoms with van der Waals surface area (Å²) in [6.45, 7) is 7.73. The molecule has 0 N–H and O–H groups in total. The van der Waals surface area contributed by atoms with Gasteiger partial charge in [-0.2, -0.15) is 0 Å². The van der Waals surface area contributed by atoms with Gasteiger partial charge in [-0.25, -0.2) is 4.98 Å². The molecule has 0 bridgehead atoms. The van der Waals surface area contributed by atoms with Crippen molar-refractivity contribution >= 4 is 34.5 Å². The third kappa shape index (κ3) is 5.17. The van der Waals surface area contributed by atoms with Crippen LogP contribution in [0, 0.1) is 6.92 Å². The van der Waals surface area contributed by atoms with Gasteiger partial charge in [0.1, 0.15) is 11.4 Å². The predicted molar refractivity (Wildman–Crippen MR) is 141 cm³/mol. The molecule has 4 aromatic rings. The second-order valence-electron chi connectivity index (χ2n) is 8.72.